The van der Waals surface area contributed by atoms with Crippen molar-refractivity contribution in [3.63, 3.8) is 0 Å². The lowest BCUT2D eigenvalue weighted by molar-refractivity contribution is 0.283. The maximum atomic E-state index is 14.0. The number of hydrogen-bond donors (Lipinski definition) is 1. The molecule has 1 atom stereocenters. The van der Waals surface area contributed by atoms with Crippen LogP contribution in [-0.4, -0.2) is 45.5 Å². The summed E-state index contributed by atoms with van der Waals surface area (Å²) in [5, 5.41) is 3.13. The Morgan fingerprint density at radius 2 is 2.15 bits per heavy atom. The third-order valence-electron chi connectivity index (χ3n) is 3.55. The predicted octanol–water partition coefficient (Wildman–Crippen LogP) is 1.13. The molecule has 1 saturated heterocycles. The van der Waals surface area contributed by atoms with Crippen LogP contribution in [0.15, 0.2) is 17.0 Å². The SMILES string of the molecule is COc1ccc(S(=O)(=O)N2CCNCC2C)c(C)c1F. The van der Waals surface area contributed by atoms with Crippen molar-refractivity contribution in [3.05, 3.63) is 23.5 Å². The summed E-state index contributed by atoms with van der Waals surface area (Å²) in [4.78, 5) is 0.00421. The highest BCUT2D eigenvalue weighted by Gasteiger charge is 2.33. The van der Waals surface area contributed by atoms with Crippen LogP contribution in [0.4, 0.5) is 4.39 Å². The molecule has 0 aliphatic carbocycles. The van der Waals surface area contributed by atoms with E-state index in [1.54, 1.807) is 0 Å². The Hall–Kier alpha value is -1.18. The number of rotatable bonds is 3. The lowest BCUT2D eigenvalue weighted by Gasteiger charge is -2.33. The lowest BCUT2D eigenvalue weighted by atomic mass is 10.2. The minimum absolute atomic E-state index is 0.00421. The molecule has 1 heterocycles. The summed E-state index contributed by atoms with van der Waals surface area (Å²) in [6, 6.07) is 2.60. The largest absolute Gasteiger partial charge is 0.494 e. The van der Waals surface area contributed by atoms with Gasteiger partial charge in [-0.05, 0) is 26.0 Å². The van der Waals surface area contributed by atoms with Gasteiger partial charge < -0.3 is 10.1 Å². The van der Waals surface area contributed by atoms with Gasteiger partial charge in [0.1, 0.15) is 0 Å². The van der Waals surface area contributed by atoms with Crippen LogP contribution < -0.4 is 10.1 Å². The molecule has 0 spiro atoms. The molecule has 112 valence electrons. The summed E-state index contributed by atoms with van der Waals surface area (Å²) in [5.74, 6) is -0.578. The third kappa shape index (κ3) is 2.53. The maximum Gasteiger partial charge on any atom is 0.243 e. The third-order valence-corrected chi connectivity index (χ3v) is 5.71. The molecule has 1 aliphatic rings. The van der Waals surface area contributed by atoms with E-state index in [9.17, 15) is 12.8 Å². The van der Waals surface area contributed by atoms with Gasteiger partial charge in [0.2, 0.25) is 10.0 Å². The van der Waals surface area contributed by atoms with Gasteiger partial charge in [-0.25, -0.2) is 12.8 Å². The number of halogens is 1. The Kier molecular flexibility index (Phi) is 4.31. The van der Waals surface area contributed by atoms with Crippen molar-refractivity contribution in [2.45, 2.75) is 24.8 Å². The summed E-state index contributed by atoms with van der Waals surface area (Å²) in [7, 11) is -2.34. The average molecular weight is 302 g/mol. The molecule has 0 aromatic heterocycles. The van der Waals surface area contributed by atoms with Crippen molar-refractivity contribution < 1.29 is 17.5 Å². The summed E-state index contributed by atoms with van der Waals surface area (Å²) in [5.41, 5.74) is 0.0927. The molecule has 1 N–H and O–H groups in total. The Bertz CT molecular complexity index is 604. The topological polar surface area (TPSA) is 58.6 Å². The lowest BCUT2D eigenvalue weighted by Crippen LogP contribution is -2.52. The molecule has 2 rings (SSSR count). The number of nitrogens with zero attached hydrogens (tertiary/aromatic N) is 1. The minimum Gasteiger partial charge on any atom is -0.494 e. The molecule has 20 heavy (non-hydrogen) atoms. The molecule has 0 bridgehead atoms. The Labute approximate surface area is 118 Å². The minimum atomic E-state index is -3.69. The van der Waals surface area contributed by atoms with E-state index in [1.165, 1.54) is 30.5 Å². The van der Waals surface area contributed by atoms with Crippen molar-refractivity contribution in [3.8, 4) is 5.75 Å². The van der Waals surface area contributed by atoms with Gasteiger partial charge >= 0.3 is 0 Å². The van der Waals surface area contributed by atoms with Gasteiger partial charge in [-0.3, -0.25) is 0 Å². The fourth-order valence-corrected chi connectivity index (χ4v) is 4.23. The molecule has 1 aliphatic heterocycles. The fraction of sp³-hybridized carbons (Fsp3) is 0.538. The highest BCUT2D eigenvalue weighted by Crippen LogP contribution is 2.29. The van der Waals surface area contributed by atoms with Crippen molar-refractivity contribution >= 4 is 10.0 Å². The Morgan fingerprint density at radius 1 is 1.45 bits per heavy atom. The second kappa shape index (κ2) is 5.67. The van der Waals surface area contributed by atoms with Crippen molar-refractivity contribution in [2.24, 2.45) is 0 Å². The van der Waals surface area contributed by atoms with E-state index in [0.29, 0.717) is 19.6 Å². The van der Waals surface area contributed by atoms with E-state index >= 15 is 0 Å². The number of piperazine rings is 1. The van der Waals surface area contributed by atoms with E-state index in [0.717, 1.165) is 0 Å². The van der Waals surface area contributed by atoms with Crippen LogP contribution in [0, 0.1) is 12.7 Å². The first-order valence-corrected chi connectivity index (χ1v) is 7.89. The van der Waals surface area contributed by atoms with Gasteiger partial charge in [0.05, 0.1) is 12.0 Å². The summed E-state index contributed by atoms with van der Waals surface area (Å²) in [6.07, 6.45) is 0. The summed E-state index contributed by atoms with van der Waals surface area (Å²) in [6.45, 7) is 4.87. The molecular weight excluding hydrogens is 283 g/mol. The Morgan fingerprint density at radius 3 is 2.75 bits per heavy atom. The normalized spacial score (nSPS) is 20.9. The molecular formula is C13H19FN2O3S. The molecule has 1 aromatic carbocycles. The van der Waals surface area contributed by atoms with E-state index in [1.807, 2.05) is 6.92 Å². The quantitative estimate of drug-likeness (QED) is 0.909. The van der Waals surface area contributed by atoms with Gasteiger partial charge in [0, 0.05) is 31.2 Å². The molecule has 0 saturated carbocycles. The molecule has 1 aromatic rings. The van der Waals surface area contributed by atoms with E-state index < -0.39 is 15.8 Å². The smallest absolute Gasteiger partial charge is 0.243 e. The first-order valence-electron chi connectivity index (χ1n) is 6.45. The van der Waals surface area contributed by atoms with Crippen LogP contribution in [0.5, 0.6) is 5.75 Å². The van der Waals surface area contributed by atoms with Crippen LogP contribution in [0.3, 0.4) is 0 Å². The number of ether oxygens (including phenoxy) is 1. The molecule has 5 nitrogen and oxygen atoms in total. The molecule has 7 heteroatoms. The van der Waals surface area contributed by atoms with Gasteiger partial charge in [-0.1, -0.05) is 0 Å². The van der Waals surface area contributed by atoms with Crippen LogP contribution in [-0.2, 0) is 10.0 Å². The molecule has 0 amide bonds. The number of nitrogens with one attached hydrogen (secondary N) is 1. The second-order valence-corrected chi connectivity index (χ2v) is 6.73. The molecule has 1 fully saturated rings. The zero-order valence-corrected chi connectivity index (χ0v) is 12.6. The number of benzene rings is 1. The van der Waals surface area contributed by atoms with Crippen molar-refractivity contribution in [1.82, 2.24) is 9.62 Å². The van der Waals surface area contributed by atoms with Crippen LogP contribution in [0.25, 0.3) is 0 Å². The average Bonchev–Trinajstić information content (AvgIpc) is 2.41. The van der Waals surface area contributed by atoms with Crippen LogP contribution >= 0.6 is 0 Å². The predicted molar refractivity (Wildman–Crippen MR) is 73.9 cm³/mol. The van der Waals surface area contributed by atoms with Gasteiger partial charge in [-0.2, -0.15) is 4.31 Å². The standard InChI is InChI=1S/C13H19FN2O3S/c1-9-8-15-6-7-16(9)20(17,18)12-5-4-11(19-3)13(14)10(12)2/h4-5,9,15H,6-8H2,1-3H3. The summed E-state index contributed by atoms with van der Waals surface area (Å²) < 4.78 is 45.6. The zero-order valence-electron chi connectivity index (χ0n) is 11.8. The van der Waals surface area contributed by atoms with Crippen LogP contribution in [0.1, 0.15) is 12.5 Å². The molecule has 1 unspecified atom stereocenters. The first kappa shape index (κ1) is 15.2. The summed E-state index contributed by atoms with van der Waals surface area (Å²) >= 11 is 0. The van der Waals surface area contributed by atoms with Crippen LogP contribution in [0.2, 0.25) is 0 Å². The number of hydrogen-bond acceptors (Lipinski definition) is 4. The van der Waals surface area contributed by atoms with Crippen molar-refractivity contribution in [2.75, 3.05) is 26.7 Å². The van der Waals surface area contributed by atoms with E-state index in [-0.39, 0.29) is 22.3 Å². The first-order chi connectivity index (χ1) is 9.39. The number of methoxy groups -OCH3 is 1. The second-order valence-electron chi connectivity index (χ2n) is 4.87. The monoisotopic (exact) mass is 302 g/mol. The highest BCUT2D eigenvalue weighted by molar-refractivity contribution is 7.89. The van der Waals surface area contributed by atoms with Gasteiger partial charge in [0.15, 0.2) is 11.6 Å². The number of sulfonamides is 1. The van der Waals surface area contributed by atoms with Gasteiger partial charge in [-0.15, -0.1) is 0 Å². The fourth-order valence-electron chi connectivity index (χ4n) is 2.39. The van der Waals surface area contributed by atoms with E-state index in [2.05, 4.69) is 5.32 Å². The maximum absolute atomic E-state index is 14.0. The van der Waals surface area contributed by atoms with Crippen molar-refractivity contribution in [1.29, 1.82) is 0 Å². The van der Waals surface area contributed by atoms with Gasteiger partial charge in [0.25, 0.3) is 0 Å². The molecule has 0 radical (unpaired) electrons. The van der Waals surface area contributed by atoms with E-state index in [4.69, 9.17) is 4.74 Å². The zero-order chi connectivity index (χ0) is 14.9. The Balaban J connectivity index is 2.47. The highest BCUT2D eigenvalue weighted by atomic mass is 32.2.